The molecule has 1 aromatic carbocycles. The van der Waals surface area contributed by atoms with E-state index in [1.54, 1.807) is 13.2 Å². The number of unbranched alkanes of at least 4 members (excludes halogenated alkanes) is 1. The second kappa shape index (κ2) is 6.74. The van der Waals surface area contributed by atoms with Crippen LogP contribution >= 0.6 is 0 Å². The van der Waals surface area contributed by atoms with E-state index in [9.17, 15) is 4.79 Å². The summed E-state index contributed by atoms with van der Waals surface area (Å²) in [5.41, 5.74) is 11.7. The van der Waals surface area contributed by atoms with Crippen LogP contribution in [0.5, 0.6) is 5.75 Å². The summed E-state index contributed by atoms with van der Waals surface area (Å²) in [4.78, 5) is 19.9. The Kier molecular flexibility index (Phi) is 4.76. The Labute approximate surface area is 122 Å². The minimum Gasteiger partial charge on any atom is -0.494 e. The number of benzene rings is 1. The van der Waals surface area contributed by atoms with E-state index in [2.05, 4.69) is 20.8 Å². The first-order valence-electron chi connectivity index (χ1n) is 6.80. The number of nitrogen functional groups attached to an aromatic ring is 1. The summed E-state index contributed by atoms with van der Waals surface area (Å²) in [6, 6.07) is 5.45. The van der Waals surface area contributed by atoms with Crippen LogP contribution in [0.15, 0.2) is 18.2 Å². The van der Waals surface area contributed by atoms with Crippen LogP contribution in [0.1, 0.15) is 26.2 Å². The Balaban J connectivity index is 2.25. The highest BCUT2D eigenvalue weighted by Gasteiger charge is 2.10. The maximum absolute atomic E-state index is 11.6. The van der Waals surface area contributed by atoms with Gasteiger partial charge in [-0.2, -0.15) is 4.98 Å². The summed E-state index contributed by atoms with van der Waals surface area (Å²) >= 11 is 0. The molecule has 7 heteroatoms. The van der Waals surface area contributed by atoms with Gasteiger partial charge in [-0.1, -0.05) is 19.4 Å². The number of rotatable bonds is 6. The molecule has 2 aromatic rings. The number of carbonyl (C=O) groups is 1. The number of hydrogen-bond donors (Lipinski definition) is 3. The molecule has 0 fully saturated rings. The lowest BCUT2D eigenvalue weighted by atomic mass is 10.2. The molecule has 21 heavy (non-hydrogen) atoms. The van der Waals surface area contributed by atoms with E-state index < -0.39 is 0 Å². The number of para-hydroxylation sites is 1. The molecule has 4 N–H and O–H groups in total. The van der Waals surface area contributed by atoms with Crippen LogP contribution in [0.3, 0.4) is 0 Å². The number of anilines is 2. The van der Waals surface area contributed by atoms with Crippen LogP contribution in [-0.4, -0.2) is 23.0 Å². The summed E-state index contributed by atoms with van der Waals surface area (Å²) < 4.78 is 5.26. The van der Waals surface area contributed by atoms with Crippen molar-refractivity contribution in [2.24, 2.45) is 0 Å². The van der Waals surface area contributed by atoms with Gasteiger partial charge in [0, 0.05) is 11.8 Å². The third-order valence-electron chi connectivity index (χ3n) is 3.00. The highest BCUT2D eigenvalue weighted by Crippen LogP contribution is 2.28. The van der Waals surface area contributed by atoms with E-state index in [1.807, 2.05) is 19.1 Å². The highest BCUT2D eigenvalue weighted by molar-refractivity contribution is 5.94. The summed E-state index contributed by atoms with van der Waals surface area (Å²) in [6.45, 7) is 2.03. The lowest BCUT2D eigenvalue weighted by Crippen LogP contribution is -2.29. The molecule has 1 aromatic heterocycles. The second-order valence-electron chi connectivity index (χ2n) is 4.56. The number of aromatic nitrogens is 2. The minimum atomic E-state index is -0.0925. The van der Waals surface area contributed by atoms with Crippen molar-refractivity contribution >= 4 is 28.6 Å². The van der Waals surface area contributed by atoms with E-state index >= 15 is 0 Å². The normalized spacial score (nSPS) is 10.4. The third kappa shape index (κ3) is 3.50. The lowest BCUT2D eigenvalue weighted by Gasteiger charge is -2.12. The molecular formula is C14H19N5O2. The predicted molar refractivity (Wildman–Crippen MR) is 81.8 cm³/mol. The fraction of sp³-hybridized carbons (Fsp3) is 0.357. The molecule has 0 radical (unpaired) electrons. The van der Waals surface area contributed by atoms with Crippen LogP contribution in [0.4, 0.5) is 11.8 Å². The van der Waals surface area contributed by atoms with Gasteiger partial charge >= 0.3 is 0 Å². The molecule has 7 nitrogen and oxygen atoms in total. The molecule has 0 aliphatic heterocycles. The van der Waals surface area contributed by atoms with Gasteiger partial charge in [0.15, 0.2) is 5.82 Å². The number of nitrogens with one attached hydrogen (secondary N) is 2. The van der Waals surface area contributed by atoms with E-state index in [-0.39, 0.29) is 11.9 Å². The maximum atomic E-state index is 11.6. The molecule has 1 amide bonds. The van der Waals surface area contributed by atoms with Gasteiger partial charge in [-0.15, -0.1) is 0 Å². The van der Waals surface area contributed by atoms with Gasteiger partial charge in [-0.05, 0) is 18.6 Å². The largest absolute Gasteiger partial charge is 0.494 e. The molecule has 1 heterocycles. The third-order valence-corrected chi connectivity index (χ3v) is 3.00. The standard InChI is InChI=1S/C14H19N5O2/c1-3-4-8-11(20)18-19-13-9-6-5-7-10(21-2)12(9)16-14(15)17-13/h5-7H,3-4,8H2,1-2H3,(H,18,20)(H3,15,16,17,19). The Bertz CT molecular complexity index is 645. The zero-order chi connectivity index (χ0) is 15.2. The number of ether oxygens (including phenoxy) is 1. The predicted octanol–water partition coefficient (Wildman–Crippen LogP) is 1.85. The summed E-state index contributed by atoms with van der Waals surface area (Å²) in [7, 11) is 1.56. The van der Waals surface area contributed by atoms with E-state index in [0.717, 1.165) is 18.2 Å². The number of hydrazine groups is 1. The van der Waals surface area contributed by atoms with Gasteiger partial charge in [0.1, 0.15) is 11.3 Å². The van der Waals surface area contributed by atoms with Crippen molar-refractivity contribution < 1.29 is 9.53 Å². The average molecular weight is 289 g/mol. The van der Waals surface area contributed by atoms with Crippen LogP contribution in [-0.2, 0) is 4.79 Å². The van der Waals surface area contributed by atoms with Crippen molar-refractivity contribution in [3.8, 4) is 5.75 Å². The van der Waals surface area contributed by atoms with Crippen molar-refractivity contribution in [3.05, 3.63) is 18.2 Å². The fourth-order valence-corrected chi connectivity index (χ4v) is 1.93. The molecule has 2 rings (SSSR count). The van der Waals surface area contributed by atoms with Crippen LogP contribution in [0.25, 0.3) is 10.9 Å². The molecule has 0 unspecified atom stereocenters. The smallest absolute Gasteiger partial charge is 0.238 e. The van der Waals surface area contributed by atoms with Crippen LogP contribution in [0, 0.1) is 0 Å². The number of methoxy groups -OCH3 is 1. The van der Waals surface area contributed by atoms with Gasteiger partial charge in [0.05, 0.1) is 7.11 Å². The summed E-state index contributed by atoms with van der Waals surface area (Å²) in [6.07, 6.45) is 2.27. The molecule has 0 bridgehead atoms. The van der Waals surface area contributed by atoms with Crippen molar-refractivity contribution in [2.75, 3.05) is 18.3 Å². The molecule has 0 saturated carbocycles. The molecule has 0 atom stereocenters. The van der Waals surface area contributed by atoms with E-state index in [4.69, 9.17) is 10.5 Å². The topological polar surface area (TPSA) is 102 Å². The van der Waals surface area contributed by atoms with E-state index in [0.29, 0.717) is 23.5 Å². The molecule has 112 valence electrons. The monoisotopic (exact) mass is 289 g/mol. The first kappa shape index (κ1) is 14.8. The SMILES string of the molecule is CCCCC(=O)NNc1nc(N)nc2c(OC)cccc12. The van der Waals surface area contributed by atoms with Gasteiger partial charge in [-0.25, -0.2) is 4.98 Å². The van der Waals surface area contributed by atoms with Crippen LogP contribution in [0.2, 0.25) is 0 Å². The number of hydrogen-bond acceptors (Lipinski definition) is 6. The van der Waals surface area contributed by atoms with Crippen LogP contribution < -0.4 is 21.3 Å². The van der Waals surface area contributed by atoms with Crippen molar-refractivity contribution in [3.63, 3.8) is 0 Å². The lowest BCUT2D eigenvalue weighted by molar-refractivity contribution is -0.120. The Morgan fingerprint density at radius 1 is 1.38 bits per heavy atom. The molecule has 0 aliphatic rings. The maximum Gasteiger partial charge on any atom is 0.238 e. The Morgan fingerprint density at radius 3 is 2.90 bits per heavy atom. The Morgan fingerprint density at radius 2 is 2.19 bits per heavy atom. The number of nitrogens with two attached hydrogens (primary N) is 1. The minimum absolute atomic E-state index is 0.0925. The van der Waals surface area contributed by atoms with Crippen molar-refractivity contribution in [2.45, 2.75) is 26.2 Å². The van der Waals surface area contributed by atoms with Gasteiger partial charge in [0.2, 0.25) is 11.9 Å². The average Bonchev–Trinajstić information content (AvgIpc) is 2.49. The molecular weight excluding hydrogens is 270 g/mol. The van der Waals surface area contributed by atoms with Gasteiger partial charge in [0.25, 0.3) is 0 Å². The first-order chi connectivity index (χ1) is 10.2. The number of nitrogens with zero attached hydrogens (tertiary/aromatic N) is 2. The van der Waals surface area contributed by atoms with Gasteiger partial charge < -0.3 is 10.5 Å². The zero-order valence-corrected chi connectivity index (χ0v) is 12.1. The number of fused-ring (bicyclic) bond motifs is 1. The van der Waals surface area contributed by atoms with Crippen molar-refractivity contribution in [1.29, 1.82) is 0 Å². The number of amides is 1. The first-order valence-corrected chi connectivity index (χ1v) is 6.80. The molecule has 0 saturated heterocycles. The molecule has 0 spiro atoms. The highest BCUT2D eigenvalue weighted by atomic mass is 16.5. The molecule has 0 aliphatic carbocycles. The Hall–Kier alpha value is -2.57. The summed E-state index contributed by atoms with van der Waals surface area (Å²) in [5, 5.41) is 0.722. The van der Waals surface area contributed by atoms with Crippen molar-refractivity contribution in [1.82, 2.24) is 15.4 Å². The zero-order valence-electron chi connectivity index (χ0n) is 12.1. The fourth-order valence-electron chi connectivity index (χ4n) is 1.93. The number of carbonyl (C=O) groups excluding carboxylic acids is 1. The quantitative estimate of drug-likeness (QED) is 0.701. The van der Waals surface area contributed by atoms with Gasteiger partial charge in [-0.3, -0.25) is 15.6 Å². The van der Waals surface area contributed by atoms with E-state index in [1.165, 1.54) is 0 Å². The summed E-state index contributed by atoms with van der Waals surface area (Å²) in [5.74, 6) is 1.06. The second-order valence-corrected chi connectivity index (χ2v) is 4.56.